The first kappa shape index (κ1) is 18.1. The number of ether oxygens (including phenoxy) is 1. The normalized spacial score (nSPS) is 11.2. The maximum atomic E-state index is 12.7. The molecular formula is C16H15F3N2O2S. The zero-order valence-electron chi connectivity index (χ0n) is 12.8. The number of hydrogen-bond acceptors (Lipinski definition) is 4. The summed E-state index contributed by atoms with van der Waals surface area (Å²) in [6.07, 6.45) is -1.17. The van der Waals surface area contributed by atoms with Crippen LogP contribution >= 0.6 is 11.8 Å². The summed E-state index contributed by atoms with van der Waals surface area (Å²) in [5, 5.41) is 2.70. The van der Waals surface area contributed by atoms with E-state index in [1.807, 2.05) is 6.26 Å². The number of carbonyl (C=O) groups excluding carboxylic acids is 1. The minimum atomic E-state index is -4.45. The molecule has 4 nitrogen and oxygen atoms in total. The van der Waals surface area contributed by atoms with Crippen LogP contribution in [0, 0.1) is 0 Å². The summed E-state index contributed by atoms with van der Waals surface area (Å²) in [5.74, 6) is 0.363. The van der Waals surface area contributed by atoms with Crippen molar-refractivity contribution in [3.8, 4) is 11.6 Å². The van der Waals surface area contributed by atoms with Gasteiger partial charge in [0.05, 0.1) is 11.3 Å². The van der Waals surface area contributed by atoms with E-state index in [9.17, 15) is 18.0 Å². The van der Waals surface area contributed by atoms with Gasteiger partial charge >= 0.3 is 6.18 Å². The summed E-state index contributed by atoms with van der Waals surface area (Å²) >= 11 is 1.39. The Balaban J connectivity index is 2.14. The van der Waals surface area contributed by atoms with Gasteiger partial charge < -0.3 is 10.1 Å². The predicted octanol–water partition coefficient (Wildman–Crippen LogP) is 3.87. The van der Waals surface area contributed by atoms with Crippen LogP contribution in [-0.4, -0.2) is 22.9 Å². The van der Waals surface area contributed by atoms with Gasteiger partial charge in [-0.25, -0.2) is 4.98 Å². The number of pyridine rings is 1. The molecule has 2 rings (SSSR count). The molecule has 1 heterocycles. The number of benzene rings is 1. The zero-order valence-corrected chi connectivity index (χ0v) is 13.6. The van der Waals surface area contributed by atoms with E-state index in [1.54, 1.807) is 12.1 Å². The van der Waals surface area contributed by atoms with Gasteiger partial charge in [-0.1, -0.05) is 12.1 Å². The lowest BCUT2D eigenvalue weighted by Crippen LogP contribution is -2.24. The highest BCUT2D eigenvalue weighted by Gasteiger charge is 2.30. The molecular weight excluding hydrogens is 341 g/mol. The molecule has 0 radical (unpaired) electrons. The van der Waals surface area contributed by atoms with E-state index < -0.39 is 11.7 Å². The van der Waals surface area contributed by atoms with E-state index in [0.29, 0.717) is 11.3 Å². The highest BCUT2D eigenvalue weighted by atomic mass is 32.2. The molecule has 1 N–H and O–H groups in total. The van der Waals surface area contributed by atoms with E-state index in [2.05, 4.69) is 10.3 Å². The molecule has 2 aromatic rings. The zero-order chi connectivity index (χ0) is 17.6. The van der Waals surface area contributed by atoms with Crippen LogP contribution < -0.4 is 10.1 Å². The molecule has 1 aromatic carbocycles. The second kappa shape index (κ2) is 8.05. The van der Waals surface area contributed by atoms with Crippen LogP contribution in [0.25, 0.3) is 0 Å². The number of aromatic nitrogens is 1. The Morgan fingerprint density at radius 1 is 1.29 bits per heavy atom. The minimum absolute atomic E-state index is 0.0280. The third kappa shape index (κ3) is 5.16. The monoisotopic (exact) mass is 356 g/mol. The maximum Gasteiger partial charge on any atom is 0.416 e. The molecule has 1 aromatic heterocycles. The van der Waals surface area contributed by atoms with Gasteiger partial charge in [-0.05, 0) is 30.5 Å². The molecule has 0 fully saturated rings. The first-order valence-corrected chi connectivity index (χ1v) is 8.34. The van der Waals surface area contributed by atoms with Crippen molar-refractivity contribution in [3.05, 3.63) is 53.7 Å². The fraction of sp³-hybridized carbons (Fsp3) is 0.250. The second-order valence-electron chi connectivity index (χ2n) is 4.81. The van der Waals surface area contributed by atoms with Gasteiger partial charge in [-0.15, -0.1) is 0 Å². The van der Waals surface area contributed by atoms with Crippen LogP contribution in [0.5, 0.6) is 11.6 Å². The number of hydrogen-bond donors (Lipinski definition) is 1. The Morgan fingerprint density at radius 3 is 2.79 bits per heavy atom. The second-order valence-corrected chi connectivity index (χ2v) is 5.67. The van der Waals surface area contributed by atoms with Crippen molar-refractivity contribution in [3.63, 3.8) is 0 Å². The van der Waals surface area contributed by atoms with Crippen molar-refractivity contribution in [2.24, 2.45) is 0 Å². The first-order valence-electron chi connectivity index (χ1n) is 6.95. The fourth-order valence-electron chi connectivity index (χ4n) is 1.87. The van der Waals surface area contributed by atoms with Gasteiger partial charge in [0.1, 0.15) is 5.75 Å². The Kier molecular flexibility index (Phi) is 6.08. The molecule has 128 valence electrons. The average molecular weight is 356 g/mol. The van der Waals surface area contributed by atoms with Crippen LogP contribution in [-0.2, 0) is 17.5 Å². The summed E-state index contributed by atoms with van der Waals surface area (Å²) in [6, 6.07) is 7.91. The van der Waals surface area contributed by atoms with Crippen LogP contribution in [0.4, 0.5) is 13.2 Å². The van der Waals surface area contributed by atoms with Crippen LogP contribution in [0.1, 0.15) is 11.1 Å². The molecule has 0 saturated heterocycles. The van der Waals surface area contributed by atoms with E-state index >= 15 is 0 Å². The number of thioether (sulfide) groups is 1. The highest BCUT2D eigenvalue weighted by Crippen LogP contribution is 2.32. The highest BCUT2D eigenvalue weighted by molar-refractivity contribution is 7.99. The molecule has 1 amide bonds. The SMILES string of the molecule is CSCC(=O)NCc1cccnc1Oc1cccc(C(F)(F)F)c1. The molecule has 0 aliphatic heterocycles. The molecule has 0 saturated carbocycles. The van der Waals surface area contributed by atoms with E-state index in [-0.39, 0.29) is 24.1 Å². The topological polar surface area (TPSA) is 51.2 Å². The van der Waals surface area contributed by atoms with E-state index in [4.69, 9.17) is 4.74 Å². The summed E-state index contributed by atoms with van der Waals surface area (Å²) in [4.78, 5) is 15.6. The molecule has 0 atom stereocenters. The van der Waals surface area contributed by atoms with Gasteiger partial charge in [0.25, 0.3) is 0 Å². The number of rotatable bonds is 6. The lowest BCUT2D eigenvalue weighted by atomic mass is 10.2. The van der Waals surface area contributed by atoms with Gasteiger partial charge in [0.2, 0.25) is 11.8 Å². The number of carbonyl (C=O) groups is 1. The van der Waals surface area contributed by atoms with Crippen molar-refractivity contribution >= 4 is 17.7 Å². The van der Waals surface area contributed by atoms with Gasteiger partial charge in [0, 0.05) is 18.3 Å². The number of nitrogens with zero attached hydrogens (tertiary/aromatic N) is 1. The third-order valence-electron chi connectivity index (χ3n) is 2.98. The summed E-state index contributed by atoms with van der Waals surface area (Å²) in [7, 11) is 0. The van der Waals surface area contributed by atoms with E-state index in [1.165, 1.54) is 30.1 Å². The Labute approximate surface area is 141 Å². The lowest BCUT2D eigenvalue weighted by Gasteiger charge is -2.12. The van der Waals surface area contributed by atoms with Crippen molar-refractivity contribution in [2.45, 2.75) is 12.7 Å². The Bertz CT molecular complexity index is 708. The van der Waals surface area contributed by atoms with Crippen LogP contribution in [0.15, 0.2) is 42.6 Å². The van der Waals surface area contributed by atoms with Gasteiger partial charge in [-0.3, -0.25) is 4.79 Å². The van der Waals surface area contributed by atoms with Gasteiger partial charge in [0.15, 0.2) is 0 Å². The predicted molar refractivity (Wildman–Crippen MR) is 86.0 cm³/mol. The fourth-order valence-corrected chi connectivity index (χ4v) is 2.24. The number of amides is 1. The summed E-state index contributed by atoms with van der Waals surface area (Å²) in [6.45, 7) is 0.182. The summed E-state index contributed by atoms with van der Waals surface area (Å²) in [5.41, 5.74) is -0.227. The third-order valence-corrected chi connectivity index (χ3v) is 3.53. The molecule has 0 spiro atoms. The van der Waals surface area contributed by atoms with Crippen LogP contribution in [0.3, 0.4) is 0 Å². The Morgan fingerprint density at radius 2 is 2.08 bits per heavy atom. The molecule has 0 aliphatic carbocycles. The molecule has 0 unspecified atom stereocenters. The van der Waals surface area contributed by atoms with Crippen LogP contribution in [0.2, 0.25) is 0 Å². The summed E-state index contributed by atoms with van der Waals surface area (Å²) < 4.78 is 43.7. The number of alkyl halides is 3. The number of halogens is 3. The molecule has 24 heavy (non-hydrogen) atoms. The smallest absolute Gasteiger partial charge is 0.416 e. The largest absolute Gasteiger partial charge is 0.439 e. The maximum absolute atomic E-state index is 12.7. The van der Waals surface area contributed by atoms with Gasteiger partial charge in [-0.2, -0.15) is 24.9 Å². The first-order chi connectivity index (χ1) is 11.4. The number of nitrogens with one attached hydrogen (secondary N) is 1. The van der Waals surface area contributed by atoms with Crippen molar-refractivity contribution in [2.75, 3.05) is 12.0 Å². The quantitative estimate of drug-likeness (QED) is 0.854. The van der Waals surface area contributed by atoms with Crippen molar-refractivity contribution in [1.82, 2.24) is 10.3 Å². The van der Waals surface area contributed by atoms with E-state index in [0.717, 1.165) is 12.1 Å². The standard InChI is InChI=1S/C16H15F3N2O2S/c1-24-10-14(22)21-9-11-4-3-7-20-15(11)23-13-6-2-5-12(8-13)16(17,18)19/h2-8H,9-10H2,1H3,(H,21,22). The molecule has 0 aliphatic rings. The minimum Gasteiger partial charge on any atom is -0.439 e. The lowest BCUT2D eigenvalue weighted by molar-refractivity contribution is -0.137. The molecule has 8 heteroatoms. The van der Waals surface area contributed by atoms with Crippen molar-refractivity contribution < 1.29 is 22.7 Å². The van der Waals surface area contributed by atoms with Crippen molar-refractivity contribution in [1.29, 1.82) is 0 Å². The Hall–Kier alpha value is -2.22. The molecule has 0 bridgehead atoms. The average Bonchev–Trinajstić information content (AvgIpc) is 2.54.